The van der Waals surface area contributed by atoms with Gasteiger partial charge in [0.25, 0.3) is 5.91 Å². The lowest BCUT2D eigenvalue weighted by atomic mass is 10.1. The molecule has 0 bridgehead atoms. The first-order chi connectivity index (χ1) is 12.6. The Bertz CT molecular complexity index is 767. The molecule has 0 aliphatic carbocycles. The highest BCUT2D eigenvalue weighted by Crippen LogP contribution is 2.14. The van der Waals surface area contributed by atoms with E-state index in [1.807, 2.05) is 48.5 Å². The van der Waals surface area contributed by atoms with E-state index in [4.69, 9.17) is 11.6 Å². The molecule has 0 spiro atoms. The molecule has 2 aromatic carbocycles. The predicted molar refractivity (Wildman–Crippen MR) is 123 cm³/mol. The van der Waals surface area contributed by atoms with Crippen molar-refractivity contribution in [2.45, 2.75) is 12.8 Å². The predicted octanol–water partition coefficient (Wildman–Crippen LogP) is 3.27. The van der Waals surface area contributed by atoms with Crippen LogP contribution in [0.2, 0.25) is 5.02 Å². The van der Waals surface area contributed by atoms with Crippen molar-refractivity contribution in [3.8, 4) is 0 Å². The third-order valence-corrected chi connectivity index (χ3v) is 4.36. The average Bonchev–Trinajstić information content (AvgIpc) is 2.67. The van der Waals surface area contributed by atoms with Crippen LogP contribution >= 0.6 is 35.6 Å². The Morgan fingerprint density at radius 3 is 2.41 bits per heavy atom. The number of nitrogens with zero attached hydrogens (tertiary/aromatic N) is 1. The van der Waals surface area contributed by atoms with Crippen LogP contribution in [0.4, 0.5) is 0 Å². The number of benzene rings is 2. The molecular weight excluding hydrogens is 475 g/mol. The maximum atomic E-state index is 11.7. The summed E-state index contributed by atoms with van der Waals surface area (Å²) in [6.07, 6.45) is 1.63. The van der Waals surface area contributed by atoms with Gasteiger partial charge in [0.1, 0.15) is 0 Å². The van der Waals surface area contributed by atoms with Crippen LogP contribution in [0.3, 0.4) is 0 Å². The van der Waals surface area contributed by atoms with Gasteiger partial charge in [-0.25, -0.2) is 0 Å². The van der Waals surface area contributed by atoms with Crippen LogP contribution in [0.1, 0.15) is 21.5 Å². The largest absolute Gasteiger partial charge is 0.356 e. The Morgan fingerprint density at radius 2 is 1.74 bits per heavy atom. The van der Waals surface area contributed by atoms with Gasteiger partial charge < -0.3 is 16.0 Å². The van der Waals surface area contributed by atoms with Gasteiger partial charge in [-0.2, -0.15) is 0 Å². The van der Waals surface area contributed by atoms with Gasteiger partial charge in [-0.15, -0.1) is 24.0 Å². The Labute approximate surface area is 183 Å². The van der Waals surface area contributed by atoms with Crippen LogP contribution < -0.4 is 16.0 Å². The van der Waals surface area contributed by atoms with Gasteiger partial charge in [0.2, 0.25) is 0 Å². The molecule has 5 nitrogen and oxygen atoms in total. The number of amides is 1. The molecule has 0 radical (unpaired) electrons. The van der Waals surface area contributed by atoms with Gasteiger partial charge in [-0.05, 0) is 42.2 Å². The van der Waals surface area contributed by atoms with Crippen molar-refractivity contribution >= 4 is 47.4 Å². The Hall–Kier alpha value is -1.80. The lowest BCUT2D eigenvalue weighted by Crippen LogP contribution is -2.39. The molecule has 0 saturated heterocycles. The highest BCUT2D eigenvalue weighted by atomic mass is 127. The molecule has 0 aromatic heterocycles. The summed E-state index contributed by atoms with van der Waals surface area (Å²) < 4.78 is 0. The Kier molecular flexibility index (Phi) is 10.8. The molecule has 7 heteroatoms. The first-order valence-corrected chi connectivity index (χ1v) is 9.00. The van der Waals surface area contributed by atoms with Crippen molar-refractivity contribution in [3.63, 3.8) is 0 Å². The number of carbonyl (C=O) groups excluding carboxylic acids is 1. The van der Waals surface area contributed by atoms with E-state index in [1.165, 1.54) is 0 Å². The molecule has 0 fully saturated rings. The van der Waals surface area contributed by atoms with Gasteiger partial charge in [0, 0.05) is 37.8 Å². The molecule has 2 aromatic rings. The lowest BCUT2D eigenvalue weighted by Gasteiger charge is -2.12. The first kappa shape index (κ1) is 23.2. The fraction of sp³-hybridized carbons (Fsp3) is 0.300. The maximum absolute atomic E-state index is 11.7. The second kappa shape index (κ2) is 12.6. The second-order valence-corrected chi connectivity index (χ2v) is 6.20. The minimum Gasteiger partial charge on any atom is -0.356 e. The molecule has 0 heterocycles. The third kappa shape index (κ3) is 7.76. The molecule has 0 aliphatic heterocycles. The van der Waals surface area contributed by atoms with Crippen LogP contribution in [0.5, 0.6) is 0 Å². The minimum atomic E-state index is -0.0724. The maximum Gasteiger partial charge on any atom is 0.251 e. The van der Waals surface area contributed by atoms with Crippen molar-refractivity contribution in [1.82, 2.24) is 16.0 Å². The molecule has 27 heavy (non-hydrogen) atoms. The second-order valence-electron chi connectivity index (χ2n) is 5.80. The van der Waals surface area contributed by atoms with Gasteiger partial charge in [0.15, 0.2) is 5.96 Å². The molecule has 146 valence electrons. The summed E-state index contributed by atoms with van der Waals surface area (Å²) in [6, 6.07) is 15.5. The quantitative estimate of drug-likeness (QED) is 0.311. The number of halogens is 2. The zero-order chi connectivity index (χ0) is 18.8. The van der Waals surface area contributed by atoms with E-state index in [2.05, 4.69) is 20.9 Å². The van der Waals surface area contributed by atoms with E-state index in [9.17, 15) is 4.79 Å². The number of guanidine groups is 1. The van der Waals surface area contributed by atoms with Gasteiger partial charge >= 0.3 is 0 Å². The first-order valence-electron chi connectivity index (χ1n) is 8.63. The number of rotatable bonds is 7. The summed E-state index contributed by atoms with van der Waals surface area (Å²) in [5.74, 6) is 0.677. The van der Waals surface area contributed by atoms with Crippen LogP contribution in [-0.2, 0) is 12.8 Å². The van der Waals surface area contributed by atoms with Crippen molar-refractivity contribution < 1.29 is 4.79 Å². The average molecular weight is 501 g/mol. The Morgan fingerprint density at radius 1 is 1.04 bits per heavy atom. The van der Waals surface area contributed by atoms with Gasteiger partial charge in [-0.3, -0.25) is 9.79 Å². The highest BCUT2D eigenvalue weighted by Gasteiger charge is 2.04. The van der Waals surface area contributed by atoms with Crippen molar-refractivity contribution in [2.24, 2.45) is 4.99 Å². The SMILES string of the molecule is CN=C(NCCc1cccc(C(=O)NC)c1)NCCc1ccccc1Cl.I. The summed E-state index contributed by atoms with van der Waals surface area (Å²) in [7, 11) is 3.38. The number of carbonyl (C=O) groups is 1. The van der Waals surface area contributed by atoms with E-state index in [0.29, 0.717) is 5.56 Å². The van der Waals surface area contributed by atoms with E-state index < -0.39 is 0 Å². The number of nitrogens with one attached hydrogen (secondary N) is 3. The van der Waals surface area contributed by atoms with E-state index in [0.717, 1.165) is 48.0 Å². The van der Waals surface area contributed by atoms with Crippen molar-refractivity contribution in [3.05, 3.63) is 70.2 Å². The van der Waals surface area contributed by atoms with Crippen LogP contribution in [-0.4, -0.2) is 39.1 Å². The summed E-state index contributed by atoms with van der Waals surface area (Å²) in [5, 5.41) is 10.00. The monoisotopic (exact) mass is 500 g/mol. The highest BCUT2D eigenvalue weighted by molar-refractivity contribution is 14.0. The fourth-order valence-corrected chi connectivity index (χ4v) is 2.81. The normalized spacial score (nSPS) is 10.7. The molecular formula is C20H26ClIN4O. The minimum absolute atomic E-state index is 0. The van der Waals surface area contributed by atoms with Gasteiger partial charge in [0.05, 0.1) is 0 Å². The number of hydrogen-bond acceptors (Lipinski definition) is 2. The standard InChI is InChI=1S/C20H25ClN4O.HI/c1-22-19(26)17-8-5-6-15(14-17)10-12-24-20(23-2)25-13-11-16-7-3-4-9-18(16)21;/h3-9,14H,10-13H2,1-2H3,(H,22,26)(H2,23,24,25);1H. The lowest BCUT2D eigenvalue weighted by molar-refractivity contribution is 0.0963. The molecule has 0 atom stereocenters. The Balaban J connectivity index is 0.00000364. The third-order valence-electron chi connectivity index (χ3n) is 3.99. The van der Waals surface area contributed by atoms with Crippen LogP contribution in [0.25, 0.3) is 0 Å². The zero-order valence-corrected chi connectivity index (χ0v) is 18.7. The smallest absolute Gasteiger partial charge is 0.251 e. The number of aliphatic imine (C=N–C) groups is 1. The summed E-state index contributed by atoms with van der Waals surface area (Å²) >= 11 is 6.17. The van der Waals surface area contributed by atoms with E-state index >= 15 is 0 Å². The van der Waals surface area contributed by atoms with Crippen LogP contribution in [0.15, 0.2) is 53.5 Å². The molecule has 3 N–H and O–H groups in total. The summed E-state index contributed by atoms with van der Waals surface area (Å²) in [5.41, 5.74) is 2.89. The van der Waals surface area contributed by atoms with E-state index in [1.54, 1.807) is 14.1 Å². The molecule has 1 amide bonds. The molecule has 0 saturated carbocycles. The molecule has 0 aliphatic rings. The van der Waals surface area contributed by atoms with E-state index in [-0.39, 0.29) is 29.9 Å². The number of hydrogen-bond donors (Lipinski definition) is 3. The van der Waals surface area contributed by atoms with Crippen LogP contribution in [0, 0.1) is 0 Å². The topological polar surface area (TPSA) is 65.5 Å². The van der Waals surface area contributed by atoms with Gasteiger partial charge in [-0.1, -0.05) is 41.9 Å². The zero-order valence-electron chi connectivity index (χ0n) is 15.6. The summed E-state index contributed by atoms with van der Waals surface area (Å²) in [4.78, 5) is 15.9. The fourth-order valence-electron chi connectivity index (χ4n) is 2.57. The summed E-state index contributed by atoms with van der Waals surface area (Å²) in [6.45, 7) is 1.47. The molecule has 0 unspecified atom stereocenters. The molecule has 2 rings (SSSR count). The van der Waals surface area contributed by atoms with Crippen molar-refractivity contribution in [2.75, 3.05) is 27.2 Å². The van der Waals surface area contributed by atoms with Crippen molar-refractivity contribution in [1.29, 1.82) is 0 Å².